The second kappa shape index (κ2) is 9.63. The van der Waals surface area contributed by atoms with E-state index in [2.05, 4.69) is 10.2 Å². The molecule has 0 radical (unpaired) electrons. The molecule has 0 spiro atoms. The van der Waals surface area contributed by atoms with Crippen LogP contribution >= 0.6 is 0 Å². The number of ether oxygens (including phenoxy) is 1. The number of benzene rings is 1. The molecule has 2 saturated heterocycles. The number of piperidine rings is 1. The second-order valence-corrected chi connectivity index (χ2v) is 6.99. The first kappa shape index (κ1) is 21.8. The van der Waals surface area contributed by atoms with Gasteiger partial charge in [-0.3, -0.25) is 19.4 Å². The van der Waals surface area contributed by atoms with Crippen LogP contribution in [0.1, 0.15) is 16.8 Å². The Balaban J connectivity index is 0.00000280. The Morgan fingerprint density at radius 1 is 1.21 bits per heavy atom. The van der Waals surface area contributed by atoms with Gasteiger partial charge in [0.2, 0.25) is 5.91 Å². The van der Waals surface area contributed by atoms with E-state index in [-0.39, 0.29) is 42.0 Å². The van der Waals surface area contributed by atoms with Gasteiger partial charge < -0.3 is 20.4 Å². The molecular formula is C19H28N4O5. The van der Waals surface area contributed by atoms with E-state index in [9.17, 15) is 14.4 Å². The van der Waals surface area contributed by atoms with Gasteiger partial charge in [0, 0.05) is 45.9 Å². The molecule has 0 bridgehead atoms. The Bertz CT molecular complexity index is 699. The maximum Gasteiger partial charge on any atom is 0.327 e. The van der Waals surface area contributed by atoms with Gasteiger partial charge in [-0.1, -0.05) is 18.2 Å². The lowest BCUT2D eigenvalue weighted by Crippen LogP contribution is -2.55. The Hall–Kier alpha value is -2.49. The minimum Gasteiger partial charge on any atom is -0.412 e. The van der Waals surface area contributed by atoms with E-state index in [4.69, 9.17) is 4.74 Å². The van der Waals surface area contributed by atoms with Crippen molar-refractivity contribution >= 4 is 17.8 Å². The highest BCUT2D eigenvalue weighted by atomic mass is 16.5. The van der Waals surface area contributed by atoms with Crippen LogP contribution in [-0.4, -0.2) is 97.0 Å². The fourth-order valence-corrected chi connectivity index (χ4v) is 3.56. The van der Waals surface area contributed by atoms with Crippen molar-refractivity contribution in [3.63, 3.8) is 0 Å². The Kier molecular flexibility index (Phi) is 7.50. The summed E-state index contributed by atoms with van der Waals surface area (Å²) in [5, 5.41) is 3.06. The summed E-state index contributed by atoms with van der Waals surface area (Å²) in [6, 6.07) is 8.81. The van der Waals surface area contributed by atoms with Crippen molar-refractivity contribution in [2.24, 2.45) is 0 Å². The minimum atomic E-state index is -0.242. The maximum atomic E-state index is 12.4. The number of nitrogens with zero attached hydrogens (tertiary/aromatic N) is 3. The van der Waals surface area contributed by atoms with Crippen molar-refractivity contribution in [3.05, 3.63) is 35.9 Å². The lowest BCUT2D eigenvalue weighted by molar-refractivity contribution is -0.125. The molecule has 4 amide bonds. The highest BCUT2D eigenvalue weighted by molar-refractivity contribution is 6.01. The highest BCUT2D eigenvalue weighted by Gasteiger charge is 2.35. The molecule has 3 N–H and O–H groups in total. The summed E-state index contributed by atoms with van der Waals surface area (Å²) in [4.78, 5) is 41.1. The summed E-state index contributed by atoms with van der Waals surface area (Å²) in [5.74, 6) is -0.261. The van der Waals surface area contributed by atoms with Crippen LogP contribution in [0.15, 0.2) is 30.3 Å². The molecule has 2 unspecified atom stereocenters. The van der Waals surface area contributed by atoms with Gasteiger partial charge in [0.25, 0.3) is 5.91 Å². The molecule has 1 aromatic carbocycles. The van der Waals surface area contributed by atoms with Crippen molar-refractivity contribution in [1.82, 2.24) is 20.0 Å². The molecule has 2 aliphatic rings. The number of nitrogens with one attached hydrogen (secondary N) is 1. The summed E-state index contributed by atoms with van der Waals surface area (Å²) in [7, 11) is 3.26. The van der Waals surface area contributed by atoms with Crippen molar-refractivity contribution in [2.45, 2.75) is 18.6 Å². The zero-order valence-electron chi connectivity index (χ0n) is 16.3. The van der Waals surface area contributed by atoms with Gasteiger partial charge in [-0.2, -0.15) is 0 Å². The topological polar surface area (TPSA) is 114 Å². The maximum absolute atomic E-state index is 12.4. The molecule has 2 aliphatic heterocycles. The molecule has 2 heterocycles. The van der Waals surface area contributed by atoms with Gasteiger partial charge in [-0.25, -0.2) is 4.79 Å². The van der Waals surface area contributed by atoms with E-state index in [0.29, 0.717) is 25.2 Å². The average Bonchev–Trinajstić information content (AvgIpc) is 2.93. The number of amides is 4. The summed E-state index contributed by atoms with van der Waals surface area (Å²) in [6.07, 6.45) is 0.609. The molecule has 28 heavy (non-hydrogen) atoms. The summed E-state index contributed by atoms with van der Waals surface area (Å²) in [6.45, 7) is 2.53. The molecule has 2 atom stereocenters. The lowest BCUT2D eigenvalue weighted by atomic mass is 10.0. The number of hydrogen-bond donors (Lipinski definition) is 1. The van der Waals surface area contributed by atoms with Gasteiger partial charge in [-0.05, 0) is 18.6 Å². The number of hydrogen-bond acceptors (Lipinski definition) is 5. The predicted molar refractivity (Wildman–Crippen MR) is 103 cm³/mol. The van der Waals surface area contributed by atoms with E-state index in [1.807, 2.05) is 18.2 Å². The smallest absolute Gasteiger partial charge is 0.327 e. The molecule has 9 heteroatoms. The number of carbonyl (C=O) groups excluding carboxylic acids is 3. The van der Waals surface area contributed by atoms with Crippen LogP contribution in [0.5, 0.6) is 0 Å². The number of likely N-dealkylation sites (tertiary alicyclic amines) is 1. The average molecular weight is 392 g/mol. The van der Waals surface area contributed by atoms with Crippen molar-refractivity contribution in [2.75, 3.05) is 46.9 Å². The Labute approximate surface area is 164 Å². The first-order chi connectivity index (χ1) is 13.0. The van der Waals surface area contributed by atoms with E-state index >= 15 is 0 Å². The van der Waals surface area contributed by atoms with Crippen LogP contribution in [0.4, 0.5) is 4.79 Å². The third-order valence-electron chi connectivity index (χ3n) is 5.17. The van der Waals surface area contributed by atoms with Crippen molar-refractivity contribution < 1.29 is 24.6 Å². The van der Waals surface area contributed by atoms with Crippen LogP contribution in [0.25, 0.3) is 0 Å². The van der Waals surface area contributed by atoms with Crippen LogP contribution in [-0.2, 0) is 9.53 Å². The van der Waals surface area contributed by atoms with E-state index in [0.717, 1.165) is 13.0 Å². The number of imide groups is 1. The molecular weight excluding hydrogens is 364 g/mol. The Morgan fingerprint density at radius 3 is 2.54 bits per heavy atom. The fraction of sp³-hybridized carbons (Fsp3) is 0.526. The number of rotatable bonds is 6. The molecule has 2 fully saturated rings. The molecule has 0 aromatic heterocycles. The van der Waals surface area contributed by atoms with Gasteiger partial charge in [0.15, 0.2) is 0 Å². The summed E-state index contributed by atoms with van der Waals surface area (Å²) < 4.78 is 5.59. The molecule has 1 aromatic rings. The molecule has 3 rings (SSSR count). The van der Waals surface area contributed by atoms with Gasteiger partial charge in [0.1, 0.15) is 6.54 Å². The molecule has 0 aliphatic carbocycles. The van der Waals surface area contributed by atoms with Crippen LogP contribution in [0, 0.1) is 0 Å². The van der Waals surface area contributed by atoms with Crippen molar-refractivity contribution in [1.29, 1.82) is 0 Å². The quantitative estimate of drug-likeness (QED) is 0.660. The lowest BCUT2D eigenvalue weighted by Gasteiger charge is -2.38. The summed E-state index contributed by atoms with van der Waals surface area (Å²) in [5.41, 5.74) is 0.630. The number of methoxy groups -OCH3 is 1. The normalized spacial score (nSPS) is 22.9. The fourth-order valence-electron chi connectivity index (χ4n) is 3.56. The molecule has 0 saturated carbocycles. The SMILES string of the molecule is COC1CN(CCN2C(=O)CN(C)C2=O)CCC1NC(=O)c1ccccc1.O. The van der Waals surface area contributed by atoms with E-state index in [1.54, 1.807) is 26.3 Å². The minimum absolute atomic E-state index is 0. The monoisotopic (exact) mass is 392 g/mol. The van der Waals surface area contributed by atoms with Crippen molar-refractivity contribution in [3.8, 4) is 0 Å². The number of carbonyl (C=O) groups is 3. The number of urea groups is 1. The number of likely N-dealkylation sites (N-methyl/N-ethyl adjacent to an activating group) is 1. The zero-order valence-corrected chi connectivity index (χ0v) is 16.3. The standard InChI is InChI=1S/C19H26N4O4.H2O/c1-21-13-17(24)23(19(21)26)11-10-22-9-8-15(16(12-22)27-2)20-18(25)14-6-4-3-5-7-14;/h3-7,15-16H,8-13H2,1-2H3,(H,20,25);1H2. The third-order valence-corrected chi connectivity index (χ3v) is 5.17. The van der Waals surface area contributed by atoms with Crippen LogP contribution in [0.3, 0.4) is 0 Å². The first-order valence-electron chi connectivity index (χ1n) is 9.16. The first-order valence-corrected chi connectivity index (χ1v) is 9.16. The largest absolute Gasteiger partial charge is 0.412 e. The van der Waals surface area contributed by atoms with Gasteiger partial charge in [-0.15, -0.1) is 0 Å². The van der Waals surface area contributed by atoms with Crippen LogP contribution < -0.4 is 5.32 Å². The van der Waals surface area contributed by atoms with Crippen LogP contribution in [0.2, 0.25) is 0 Å². The zero-order chi connectivity index (χ0) is 19.4. The van der Waals surface area contributed by atoms with Gasteiger partial charge in [0.05, 0.1) is 12.1 Å². The Morgan fingerprint density at radius 2 is 1.93 bits per heavy atom. The van der Waals surface area contributed by atoms with Gasteiger partial charge >= 0.3 is 6.03 Å². The van der Waals surface area contributed by atoms with E-state index < -0.39 is 0 Å². The second-order valence-electron chi connectivity index (χ2n) is 6.99. The summed E-state index contributed by atoms with van der Waals surface area (Å²) >= 11 is 0. The predicted octanol–water partition coefficient (Wildman–Crippen LogP) is -0.425. The van der Waals surface area contributed by atoms with E-state index in [1.165, 1.54) is 9.80 Å². The highest BCUT2D eigenvalue weighted by Crippen LogP contribution is 2.16. The molecule has 9 nitrogen and oxygen atoms in total. The third kappa shape index (κ3) is 4.86. The molecule has 154 valence electrons.